The lowest BCUT2D eigenvalue weighted by Gasteiger charge is -2.26. The summed E-state index contributed by atoms with van der Waals surface area (Å²) in [6.45, 7) is 0.874. The summed E-state index contributed by atoms with van der Waals surface area (Å²) >= 11 is 12.0. The van der Waals surface area contributed by atoms with E-state index in [1.54, 1.807) is 6.07 Å². The summed E-state index contributed by atoms with van der Waals surface area (Å²) in [5, 5.41) is 3.99. The number of likely N-dealkylation sites (tertiary alicyclic amines) is 1. The van der Waals surface area contributed by atoms with E-state index in [4.69, 9.17) is 23.2 Å². The Kier molecular flexibility index (Phi) is 5.62. The first-order chi connectivity index (χ1) is 12.0. The van der Waals surface area contributed by atoms with Crippen LogP contribution in [0.4, 0.5) is 4.39 Å². The van der Waals surface area contributed by atoms with Crippen LogP contribution in [0.3, 0.4) is 0 Å². The van der Waals surface area contributed by atoms with Crippen LogP contribution in [-0.2, 0) is 11.2 Å². The van der Waals surface area contributed by atoms with Gasteiger partial charge in [0.2, 0.25) is 5.91 Å². The number of hydrogen-bond acceptors (Lipinski definition) is 2. The van der Waals surface area contributed by atoms with Crippen molar-refractivity contribution in [1.82, 2.24) is 10.2 Å². The fraction of sp³-hybridized carbons (Fsp3) is 0.316. The van der Waals surface area contributed by atoms with Gasteiger partial charge in [-0.15, -0.1) is 0 Å². The Morgan fingerprint density at radius 3 is 2.64 bits per heavy atom. The second-order valence-electron chi connectivity index (χ2n) is 6.32. The first-order valence-corrected chi connectivity index (χ1v) is 8.89. The summed E-state index contributed by atoms with van der Waals surface area (Å²) in [7, 11) is 2.03. The highest BCUT2D eigenvalue weighted by molar-refractivity contribution is 6.31. The largest absolute Gasteiger partial charge is 0.351 e. The number of rotatable bonds is 4. The molecule has 2 atom stereocenters. The third kappa shape index (κ3) is 4.14. The Morgan fingerprint density at radius 1 is 1.24 bits per heavy atom. The number of nitrogens with one attached hydrogen (secondary N) is 1. The molecule has 0 saturated carbocycles. The molecular formula is C19H19Cl2FN2O. The van der Waals surface area contributed by atoms with Gasteiger partial charge in [-0.2, -0.15) is 0 Å². The Labute approximate surface area is 156 Å². The average molecular weight is 381 g/mol. The molecule has 2 aromatic carbocycles. The molecule has 0 aliphatic carbocycles. The van der Waals surface area contributed by atoms with E-state index in [0.717, 1.165) is 18.5 Å². The zero-order valence-electron chi connectivity index (χ0n) is 13.8. The van der Waals surface area contributed by atoms with Crippen LogP contribution in [0.25, 0.3) is 0 Å². The molecule has 0 aromatic heterocycles. The number of nitrogens with zero attached hydrogens (tertiary/aromatic N) is 1. The molecule has 2 aromatic rings. The number of halogens is 3. The van der Waals surface area contributed by atoms with Gasteiger partial charge in [-0.25, -0.2) is 4.39 Å². The lowest BCUT2D eigenvalue weighted by atomic mass is 10.00. The highest BCUT2D eigenvalue weighted by Crippen LogP contribution is 2.31. The number of carbonyl (C=O) groups excluding carboxylic acids is 1. The van der Waals surface area contributed by atoms with Gasteiger partial charge in [0, 0.05) is 28.2 Å². The standard InChI is InChI=1S/C19H19Cl2FN2O/c1-24-10-9-17(19(24)12-5-7-13(20)8-6-12)23-18(25)11-14-15(21)3-2-4-16(14)22/h2-8,17,19H,9-11H2,1H3,(H,23,25)/t17-,19+/m0/s1. The first kappa shape index (κ1) is 18.2. The summed E-state index contributed by atoms with van der Waals surface area (Å²) in [5.41, 5.74) is 1.33. The predicted octanol–water partition coefficient (Wildman–Crippen LogP) is 4.24. The van der Waals surface area contributed by atoms with Crippen molar-refractivity contribution >= 4 is 29.1 Å². The lowest BCUT2D eigenvalue weighted by molar-refractivity contribution is -0.121. The van der Waals surface area contributed by atoms with Gasteiger partial charge >= 0.3 is 0 Å². The minimum atomic E-state index is -0.458. The fourth-order valence-corrected chi connectivity index (χ4v) is 3.72. The second kappa shape index (κ2) is 7.73. The van der Waals surface area contributed by atoms with Crippen LogP contribution in [0.15, 0.2) is 42.5 Å². The van der Waals surface area contributed by atoms with Crippen LogP contribution in [0.5, 0.6) is 0 Å². The summed E-state index contributed by atoms with van der Waals surface area (Å²) in [6.07, 6.45) is 0.763. The maximum atomic E-state index is 13.9. The van der Waals surface area contributed by atoms with Crippen LogP contribution < -0.4 is 5.32 Å². The van der Waals surface area contributed by atoms with Crippen molar-refractivity contribution in [3.05, 3.63) is 69.5 Å². The van der Waals surface area contributed by atoms with Crippen molar-refractivity contribution in [2.75, 3.05) is 13.6 Å². The number of carbonyl (C=O) groups is 1. The molecular weight excluding hydrogens is 362 g/mol. The van der Waals surface area contributed by atoms with Gasteiger partial charge in [-0.05, 0) is 43.3 Å². The van der Waals surface area contributed by atoms with Crippen LogP contribution in [0, 0.1) is 5.82 Å². The summed E-state index contributed by atoms with van der Waals surface area (Å²) in [4.78, 5) is 14.6. The zero-order chi connectivity index (χ0) is 18.0. The van der Waals surface area contributed by atoms with E-state index < -0.39 is 5.82 Å². The molecule has 0 spiro atoms. The average Bonchev–Trinajstić information content (AvgIpc) is 2.92. The van der Waals surface area contributed by atoms with E-state index in [2.05, 4.69) is 10.2 Å². The SMILES string of the molecule is CN1CC[C@H](NC(=O)Cc2c(F)cccc2Cl)[C@H]1c1ccc(Cl)cc1. The van der Waals surface area contributed by atoms with Gasteiger partial charge in [0.15, 0.2) is 0 Å². The molecule has 25 heavy (non-hydrogen) atoms. The van der Waals surface area contributed by atoms with Crippen LogP contribution >= 0.6 is 23.2 Å². The highest BCUT2D eigenvalue weighted by Gasteiger charge is 2.34. The van der Waals surface area contributed by atoms with Crippen molar-refractivity contribution in [1.29, 1.82) is 0 Å². The third-order valence-electron chi connectivity index (χ3n) is 4.61. The molecule has 132 valence electrons. The van der Waals surface area contributed by atoms with Gasteiger partial charge in [0.1, 0.15) is 5.82 Å². The molecule has 3 rings (SSSR count). The van der Waals surface area contributed by atoms with Crippen LogP contribution in [0.2, 0.25) is 10.0 Å². The molecule has 1 fully saturated rings. The Bertz CT molecular complexity index is 746. The molecule has 6 heteroatoms. The van der Waals surface area contributed by atoms with Crippen LogP contribution in [-0.4, -0.2) is 30.4 Å². The van der Waals surface area contributed by atoms with Gasteiger partial charge in [0.25, 0.3) is 0 Å². The summed E-state index contributed by atoms with van der Waals surface area (Å²) in [5.74, 6) is -0.688. The highest BCUT2D eigenvalue weighted by atomic mass is 35.5. The summed E-state index contributed by atoms with van der Waals surface area (Å²) in [6, 6.07) is 12.1. The molecule has 1 N–H and O–H groups in total. The molecule has 1 amide bonds. The molecule has 0 bridgehead atoms. The second-order valence-corrected chi connectivity index (χ2v) is 7.16. The maximum absolute atomic E-state index is 13.9. The molecule has 1 saturated heterocycles. The minimum absolute atomic E-state index is 0.0378. The topological polar surface area (TPSA) is 32.3 Å². The third-order valence-corrected chi connectivity index (χ3v) is 5.21. The summed E-state index contributed by atoms with van der Waals surface area (Å²) < 4.78 is 13.9. The molecule has 0 radical (unpaired) electrons. The quantitative estimate of drug-likeness (QED) is 0.860. The van der Waals surface area contributed by atoms with Gasteiger partial charge < -0.3 is 5.32 Å². The van der Waals surface area contributed by atoms with Crippen molar-refractivity contribution in [3.8, 4) is 0 Å². The molecule has 0 unspecified atom stereocenters. The van der Waals surface area contributed by atoms with Gasteiger partial charge in [-0.1, -0.05) is 41.4 Å². The molecule has 1 aliphatic rings. The van der Waals surface area contributed by atoms with Gasteiger partial charge in [0.05, 0.1) is 12.5 Å². The Hall–Kier alpha value is -1.62. The van der Waals surface area contributed by atoms with E-state index in [1.165, 1.54) is 12.1 Å². The van der Waals surface area contributed by atoms with E-state index in [0.29, 0.717) is 5.02 Å². The number of amides is 1. The maximum Gasteiger partial charge on any atom is 0.224 e. The number of likely N-dealkylation sites (N-methyl/N-ethyl adjacent to an activating group) is 1. The Morgan fingerprint density at radius 2 is 1.96 bits per heavy atom. The predicted molar refractivity (Wildman–Crippen MR) is 98.5 cm³/mol. The van der Waals surface area contributed by atoms with Crippen LogP contribution in [0.1, 0.15) is 23.6 Å². The van der Waals surface area contributed by atoms with Crippen molar-refractivity contribution in [2.45, 2.75) is 24.9 Å². The fourth-order valence-electron chi connectivity index (χ4n) is 3.36. The smallest absolute Gasteiger partial charge is 0.224 e. The van der Waals surface area contributed by atoms with Crippen molar-refractivity contribution in [3.63, 3.8) is 0 Å². The van der Waals surface area contributed by atoms with Crippen molar-refractivity contribution < 1.29 is 9.18 Å². The lowest BCUT2D eigenvalue weighted by Crippen LogP contribution is -2.39. The number of benzene rings is 2. The zero-order valence-corrected chi connectivity index (χ0v) is 15.3. The minimum Gasteiger partial charge on any atom is -0.351 e. The molecule has 1 heterocycles. The number of hydrogen-bond donors (Lipinski definition) is 1. The molecule has 3 nitrogen and oxygen atoms in total. The molecule has 1 aliphatic heterocycles. The monoisotopic (exact) mass is 380 g/mol. The first-order valence-electron chi connectivity index (χ1n) is 8.13. The van der Waals surface area contributed by atoms with Gasteiger partial charge in [-0.3, -0.25) is 9.69 Å². The van der Waals surface area contributed by atoms with E-state index >= 15 is 0 Å². The van der Waals surface area contributed by atoms with E-state index in [1.807, 2.05) is 31.3 Å². The normalized spacial score (nSPS) is 20.6. The van der Waals surface area contributed by atoms with E-state index in [9.17, 15) is 9.18 Å². The van der Waals surface area contributed by atoms with E-state index in [-0.39, 0.29) is 35.0 Å². The Balaban J connectivity index is 1.72. The van der Waals surface area contributed by atoms with Crippen molar-refractivity contribution in [2.24, 2.45) is 0 Å².